The number of benzene rings is 1. The fourth-order valence-electron chi connectivity index (χ4n) is 1.83. The van der Waals surface area contributed by atoms with Crippen molar-refractivity contribution in [3.05, 3.63) is 50.7 Å². The van der Waals surface area contributed by atoms with E-state index in [1.807, 2.05) is 28.1 Å². The zero-order valence-electron chi connectivity index (χ0n) is 13.7. The first kappa shape index (κ1) is 20.5. The predicted octanol–water partition coefficient (Wildman–Crippen LogP) is 2.41. The number of amides is 1. The number of halogens is 3. The van der Waals surface area contributed by atoms with Crippen LogP contribution >= 0.6 is 22.6 Å². The molecule has 0 aliphatic heterocycles. The van der Waals surface area contributed by atoms with E-state index in [0.29, 0.717) is 3.57 Å². The number of nitriles is 1. The Labute approximate surface area is 165 Å². The summed E-state index contributed by atoms with van der Waals surface area (Å²) in [6, 6.07) is 6.50. The molecule has 0 unspecified atom stereocenters. The van der Waals surface area contributed by atoms with Crippen LogP contribution < -0.4 is 10.8 Å². The highest BCUT2D eigenvalue weighted by Gasteiger charge is 2.19. The number of hydroxylamine groups is 1. The van der Waals surface area contributed by atoms with E-state index in [-0.39, 0.29) is 17.1 Å². The van der Waals surface area contributed by atoms with Crippen molar-refractivity contribution < 1.29 is 27.9 Å². The lowest BCUT2D eigenvalue weighted by molar-refractivity contribution is -0.147. The van der Waals surface area contributed by atoms with Gasteiger partial charge in [0.1, 0.15) is 17.7 Å². The first-order valence-corrected chi connectivity index (χ1v) is 8.25. The molecule has 27 heavy (non-hydrogen) atoms. The summed E-state index contributed by atoms with van der Waals surface area (Å²) in [6.45, 7) is -0.580. The molecule has 0 fully saturated rings. The molecular weight excluding hydrogens is 477 g/mol. The van der Waals surface area contributed by atoms with Crippen LogP contribution in [0, 0.1) is 26.5 Å². The Morgan fingerprint density at radius 2 is 2.04 bits per heavy atom. The molecule has 0 radical (unpaired) electrons. The standard InChI is InChI=1S/C16H11F2IN4O4/c1-26-14(24)7-27-23-16(25)9-5-11(18)13(6-20)22-15(9)21-12-3-2-8(19)4-10(12)17/h2-5H,7H2,1H3,(H,21,22)(H,23,25). The number of aromatic nitrogens is 1. The molecule has 2 N–H and O–H groups in total. The number of hydrogen-bond donors (Lipinski definition) is 2. The third kappa shape index (κ3) is 5.31. The summed E-state index contributed by atoms with van der Waals surface area (Å²) < 4.78 is 32.9. The van der Waals surface area contributed by atoms with E-state index in [1.165, 1.54) is 18.2 Å². The van der Waals surface area contributed by atoms with Gasteiger partial charge in [-0.3, -0.25) is 9.63 Å². The number of nitrogens with zero attached hydrogens (tertiary/aromatic N) is 2. The summed E-state index contributed by atoms with van der Waals surface area (Å²) >= 11 is 1.92. The lowest BCUT2D eigenvalue weighted by Crippen LogP contribution is -2.28. The summed E-state index contributed by atoms with van der Waals surface area (Å²) in [7, 11) is 1.13. The van der Waals surface area contributed by atoms with Crippen LogP contribution in [0.25, 0.3) is 0 Å². The molecule has 0 atom stereocenters. The number of rotatable bonds is 6. The molecule has 0 aliphatic carbocycles. The van der Waals surface area contributed by atoms with Gasteiger partial charge in [-0.1, -0.05) is 0 Å². The van der Waals surface area contributed by atoms with E-state index in [2.05, 4.69) is 19.9 Å². The molecule has 1 heterocycles. The second kappa shape index (κ2) is 9.19. The Morgan fingerprint density at radius 3 is 2.67 bits per heavy atom. The molecule has 140 valence electrons. The molecule has 0 aliphatic rings. The summed E-state index contributed by atoms with van der Waals surface area (Å²) in [5, 5.41) is 11.5. The first-order chi connectivity index (χ1) is 12.8. The monoisotopic (exact) mass is 488 g/mol. The highest BCUT2D eigenvalue weighted by Crippen LogP contribution is 2.24. The number of ether oxygens (including phenoxy) is 1. The van der Waals surface area contributed by atoms with Gasteiger partial charge in [-0.15, -0.1) is 0 Å². The van der Waals surface area contributed by atoms with Crippen LogP contribution in [0.2, 0.25) is 0 Å². The fourth-order valence-corrected chi connectivity index (χ4v) is 2.28. The second-order valence-corrected chi connectivity index (χ2v) is 6.12. The van der Waals surface area contributed by atoms with E-state index in [0.717, 1.165) is 13.2 Å². The van der Waals surface area contributed by atoms with Crippen molar-refractivity contribution in [3.8, 4) is 6.07 Å². The highest BCUT2D eigenvalue weighted by molar-refractivity contribution is 14.1. The summed E-state index contributed by atoms with van der Waals surface area (Å²) in [5.74, 6) is -3.68. The summed E-state index contributed by atoms with van der Waals surface area (Å²) in [5.41, 5.74) is 0.922. The minimum Gasteiger partial charge on any atom is -0.467 e. The van der Waals surface area contributed by atoms with Crippen LogP contribution in [-0.2, 0) is 14.4 Å². The molecule has 0 saturated carbocycles. The topological polar surface area (TPSA) is 113 Å². The van der Waals surface area contributed by atoms with Crippen LogP contribution in [-0.4, -0.2) is 30.6 Å². The van der Waals surface area contributed by atoms with Gasteiger partial charge in [0.25, 0.3) is 5.91 Å². The first-order valence-electron chi connectivity index (χ1n) is 7.17. The van der Waals surface area contributed by atoms with Gasteiger partial charge < -0.3 is 10.1 Å². The lowest BCUT2D eigenvalue weighted by Gasteiger charge is -2.13. The average molecular weight is 488 g/mol. The van der Waals surface area contributed by atoms with Crippen molar-refractivity contribution in [1.82, 2.24) is 10.5 Å². The molecule has 2 aromatic rings. The lowest BCUT2D eigenvalue weighted by atomic mass is 10.2. The quantitative estimate of drug-likeness (QED) is 0.365. The van der Waals surface area contributed by atoms with Gasteiger partial charge in [-0.2, -0.15) is 5.26 Å². The largest absolute Gasteiger partial charge is 0.467 e. The van der Waals surface area contributed by atoms with E-state index >= 15 is 0 Å². The van der Waals surface area contributed by atoms with Gasteiger partial charge in [0, 0.05) is 3.57 Å². The van der Waals surface area contributed by atoms with Gasteiger partial charge >= 0.3 is 5.97 Å². The van der Waals surface area contributed by atoms with Crippen molar-refractivity contribution >= 4 is 46.0 Å². The molecule has 1 aromatic carbocycles. The normalized spacial score (nSPS) is 10.0. The van der Waals surface area contributed by atoms with Crippen LogP contribution in [0.1, 0.15) is 16.1 Å². The molecule has 2 rings (SSSR count). The third-order valence-corrected chi connectivity index (χ3v) is 3.76. The molecule has 0 saturated heterocycles. The average Bonchev–Trinajstić information content (AvgIpc) is 2.64. The Kier molecular flexibility index (Phi) is 6.97. The van der Waals surface area contributed by atoms with Crippen molar-refractivity contribution in [2.24, 2.45) is 0 Å². The van der Waals surface area contributed by atoms with E-state index < -0.39 is 35.8 Å². The van der Waals surface area contributed by atoms with Gasteiger partial charge in [-0.25, -0.2) is 24.0 Å². The van der Waals surface area contributed by atoms with Crippen molar-refractivity contribution in [3.63, 3.8) is 0 Å². The van der Waals surface area contributed by atoms with Crippen LogP contribution in [0.4, 0.5) is 20.3 Å². The van der Waals surface area contributed by atoms with Crippen LogP contribution in [0.5, 0.6) is 0 Å². The number of nitrogens with one attached hydrogen (secondary N) is 2. The van der Waals surface area contributed by atoms with E-state index in [4.69, 9.17) is 5.26 Å². The number of pyridine rings is 1. The Balaban J connectivity index is 2.32. The number of carbonyl (C=O) groups excluding carboxylic acids is 2. The van der Waals surface area contributed by atoms with Crippen molar-refractivity contribution in [2.45, 2.75) is 0 Å². The Hall–Kier alpha value is -2.85. The smallest absolute Gasteiger partial charge is 0.334 e. The predicted molar refractivity (Wildman–Crippen MR) is 96.7 cm³/mol. The molecule has 1 aromatic heterocycles. The maximum Gasteiger partial charge on any atom is 0.334 e. The Morgan fingerprint density at radius 1 is 1.30 bits per heavy atom. The molecule has 0 spiro atoms. The van der Waals surface area contributed by atoms with Crippen LogP contribution in [0.15, 0.2) is 24.3 Å². The second-order valence-electron chi connectivity index (χ2n) is 4.87. The van der Waals surface area contributed by atoms with Crippen molar-refractivity contribution in [2.75, 3.05) is 19.0 Å². The highest BCUT2D eigenvalue weighted by atomic mass is 127. The number of esters is 1. The maximum atomic E-state index is 14.1. The number of hydrogen-bond acceptors (Lipinski definition) is 7. The van der Waals surface area contributed by atoms with E-state index in [9.17, 15) is 18.4 Å². The summed E-state index contributed by atoms with van der Waals surface area (Å²) in [4.78, 5) is 31.5. The van der Waals surface area contributed by atoms with E-state index in [1.54, 1.807) is 6.07 Å². The zero-order valence-corrected chi connectivity index (χ0v) is 15.8. The van der Waals surface area contributed by atoms with Gasteiger partial charge in [0.15, 0.2) is 18.1 Å². The molecular formula is C16H11F2IN4O4. The number of anilines is 2. The van der Waals surface area contributed by atoms with Gasteiger partial charge in [0.2, 0.25) is 0 Å². The molecule has 1 amide bonds. The Bertz CT molecular complexity index is 933. The maximum absolute atomic E-state index is 14.1. The number of methoxy groups -OCH3 is 1. The minimum atomic E-state index is -1.05. The van der Waals surface area contributed by atoms with Gasteiger partial charge in [0.05, 0.1) is 18.4 Å². The number of carbonyl (C=O) groups is 2. The fraction of sp³-hybridized carbons (Fsp3) is 0.125. The zero-order chi connectivity index (χ0) is 20.0. The SMILES string of the molecule is COC(=O)CONC(=O)c1cc(F)c(C#N)nc1Nc1ccc(I)cc1F. The summed E-state index contributed by atoms with van der Waals surface area (Å²) in [6.07, 6.45) is 0. The molecule has 8 nitrogen and oxygen atoms in total. The molecule has 0 bridgehead atoms. The van der Waals surface area contributed by atoms with Gasteiger partial charge in [-0.05, 0) is 46.9 Å². The van der Waals surface area contributed by atoms with Crippen LogP contribution in [0.3, 0.4) is 0 Å². The molecule has 11 heteroatoms. The minimum absolute atomic E-state index is 0.0389. The van der Waals surface area contributed by atoms with Crippen molar-refractivity contribution in [1.29, 1.82) is 5.26 Å². The third-order valence-electron chi connectivity index (χ3n) is 3.09.